The predicted octanol–water partition coefficient (Wildman–Crippen LogP) is 0.802. The molecule has 0 bridgehead atoms. The average molecular weight is 383 g/mol. The molecule has 1 amide bonds. The van der Waals surface area contributed by atoms with Crippen molar-refractivity contribution < 1.29 is 22.7 Å². The molecule has 0 spiro atoms. The number of piperazine rings is 1. The van der Waals surface area contributed by atoms with Crippen LogP contribution in [0.5, 0.6) is 11.5 Å². The molecule has 26 heavy (non-hydrogen) atoms. The summed E-state index contributed by atoms with van der Waals surface area (Å²) in [6.45, 7) is 6.83. The van der Waals surface area contributed by atoms with Crippen LogP contribution in [0, 0.1) is 0 Å². The molecular weight excluding hydrogens is 358 g/mol. The lowest BCUT2D eigenvalue weighted by Gasteiger charge is -2.36. The fourth-order valence-electron chi connectivity index (χ4n) is 3.19. The molecule has 0 radical (unpaired) electrons. The molecule has 0 aromatic heterocycles. The summed E-state index contributed by atoms with van der Waals surface area (Å²) in [5.74, 6) is 1.09. The van der Waals surface area contributed by atoms with Crippen LogP contribution >= 0.6 is 0 Å². The number of ether oxygens (including phenoxy) is 2. The summed E-state index contributed by atoms with van der Waals surface area (Å²) < 4.78 is 39.0. The third kappa shape index (κ3) is 3.65. The van der Waals surface area contributed by atoms with Gasteiger partial charge < -0.3 is 14.4 Å². The van der Waals surface area contributed by atoms with E-state index in [1.54, 1.807) is 23.1 Å². The van der Waals surface area contributed by atoms with Crippen LogP contribution in [0.25, 0.3) is 0 Å². The number of benzene rings is 1. The Morgan fingerprint density at radius 1 is 1.04 bits per heavy atom. The van der Waals surface area contributed by atoms with Crippen LogP contribution in [0.3, 0.4) is 0 Å². The highest BCUT2D eigenvalue weighted by Gasteiger charge is 2.32. The normalized spacial score (nSPS) is 18.2. The van der Waals surface area contributed by atoms with Gasteiger partial charge in [-0.2, -0.15) is 17.0 Å². The molecule has 8 nitrogen and oxygen atoms in total. The van der Waals surface area contributed by atoms with E-state index < -0.39 is 10.2 Å². The molecule has 0 aliphatic carbocycles. The highest BCUT2D eigenvalue weighted by Crippen LogP contribution is 2.31. The van der Waals surface area contributed by atoms with Gasteiger partial charge in [-0.15, -0.1) is 0 Å². The quantitative estimate of drug-likeness (QED) is 0.752. The van der Waals surface area contributed by atoms with Crippen molar-refractivity contribution in [3.05, 3.63) is 23.8 Å². The highest BCUT2D eigenvalue weighted by molar-refractivity contribution is 7.86. The minimum atomic E-state index is -3.46. The second kappa shape index (κ2) is 7.81. The number of rotatable bonds is 5. The third-order valence-electron chi connectivity index (χ3n) is 4.67. The highest BCUT2D eigenvalue weighted by atomic mass is 32.2. The molecule has 0 saturated carbocycles. The van der Waals surface area contributed by atoms with Crippen molar-refractivity contribution in [1.29, 1.82) is 0 Å². The minimum absolute atomic E-state index is 0.123. The molecule has 144 valence electrons. The standard InChI is InChI=1S/C17H25N3O5S/c1-3-19(4-2)26(22,23)20-9-7-18(8-10-20)17(21)14-5-6-15-16(13-14)25-12-11-24-15/h5-6,13H,3-4,7-12H2,1-2H3. The van der Waals surface area contributed by atoms with Gasteiger partial charge in [-0.05, 0) is 18.2 Å². The van der Waals surface area contributed by atoms with Crippen LogP contribution in [0.4, 0.5) is 0 Å². The van der Waals surface area contributed by atoms with Crippen molar-refractivity contribution >= 4 is 16.1 Å². The van der Waals surface area contributed by atoms with E-state index in [4.69, 9.17) is 9.47 Å². The number of hydrogen-bond acceptors (Lipinski definition) is 5. The zero-order valence-corrected chi connectivity index (χ0v) is 16.0. The molecule has 0 atom stereocenters. The predicted molar refractivity (Wildman–Crippen MR) is 96.7 cm³/mol. The van der Waals surface area contributed by atoms with Gasteiger partial charge >= 0.3 is 0 Å². The first kappa shape index (κ1) is 18.9. The van der Waals surface area contributed by atoms with E-state index in [9.17, 15) is 13.2 Å². The van der Waals surface area contributed by atoms with Gasteiger partial charge in [0.15, 0.2) is 11.5 Å². The second-order valence-corrected chi connectivity index (χ2v) is 8.07. The Labute approximate surface area is 154 Å². The first-order valence-electron chi connectivity index (χ1n) is 8.91. The van der Waals surface area contributed by atoms with Crippen molar-refractivity contribution in [2.75, 3.05) is 52.5 Å². The smallest absolute Gasteiger partial charge is 0.282 e. The molecule has 2 aliphatic rings. The van der Waals surface area contributed by atoms with Gasteiger partial charge in [0.05, 0.1) is 0 Å². The molecule has 0 N–H and O–H groups in total. The third-order valence-corrected chi connectivity index (χ3v) is 6.86. The maximum atomic E-state index is 12.7. The van der Waals surface area contributed by atoms with Gasteiger partial charge in [-0.25, -0.2) is 0 Å². The van der Waals surface area contributed by atoms with Crippen LogP contribution in [0.1, 0.15) is 24.2 Å². The van der Waals surface area contributed by atoms with Crippen LogP contribution in [0.2, 0.25) is 0 Å². The lowest BCUT2D eigenvalue weighted by Crippen LogP contribution is -2.54. The van der Waals surface area contributed by atoms with Crippen LogP contribution in [-0.2, 0) is 10.2 Å². The van der Waals surface area contributed by atoms with E-state index in [1.165, 1.54) is 8.61 Å². The van der Waals surface area contributed by atoms with Gasteiger partial charge in [0.1, 0.15) is 13.2 Å². The summed E-state index contributed by atoms with van der Waals surface area (Å²) in [6.07, 6.45) is 0. The number of fused-ring (bicyclic) bond motifs is 1. The Morgan fingerprint density at radius 2 is 1.65 bits per heavy atom. The Balaban J connectivity index is 1.65. The largest absolute Gasteiger partial charge is 0.486 e. The van der Waals surface area contributed by atoms with Crippen molar-refractivity contribution in [3.63, 3.8) is 0 Å². The Hall–Kier alpha value is -1.84. The van der Waals surface area contributed by atoms with Gasteiger partial charge in [0.2, 0.25) is 0 Å². The molecule has 0 unspecified atom stereocenters. The summed E-state index contributed by atoms with van der Waals surface area (Å²) in [5, 5.41) is 0. The SMILES string of the molecule is CCN(CC)S(=O)(=O)N1CCN(C(=O)c2ccc3c(c2)OCCO3)CC1. The monoisotopic (exact) mass is 383 g/mol. The number of nitrogens with zero attached hydrogens (tertiary/aromatic N) is 3. The molecule has 1 fully saturated rings. The summed E-state index contributed by atoms with van der Waals surface area (Å²) in [4.78, 5) is 14.4. The van der Waals surface area contributed by atoms with E-state index in [-0.39, 0.29) is 5.91 Å². The molecule has 2 heterocycles. The van der Waals surface area contributed by atoms with Crippen molar-refractivity contribution in [2.24, 2.45) is 0 Å². The zero-order valence-electron chi connectivity index (χ0n) is 15.2. The minimum Gasteiger partial charge on any atom is -0.486 e. The Kier molecular flexibility index (Phi) is 5.69. The van der Waals surface area contributed by atoms with Gasteiger partial charge in [0.25, 0.3) is 16.1 Å². The zero-order chi connectivity index (χ0) is 18.7. The maximum Gasteiger partial charge on any atom is 0.282 e. The second-order valence-electron chi connectivity index (χ2n) is 6.14. The van der Waals surface area contributed by atoms with Crippen molar-refractivity contribution in [1.82, 2.24) is 13.5 Å². The van der Waals surface area contributed by atoms with E-state index in [0.29, 0.717) is 69.5 Å². The first-order valence-corrected chi connectivity index (χ1v) is 10.3. The number of amides is 1. The summed E-state index contributed by atoms with van der Waals surface area (Å²) in [6, 6.07) is 5.15. The summed E-state index contributed by atoms with van der Waals surface area (Å²) >= 11 is 0. The number of carbonyl (C=O) groups excluding carboxylic acids is 1. The van der Waals surface area contributed by atoms with Crippen LogP contribution < -0.4 is 9.47 Å². The van der Waals surface area contributed by atoms with E-state index in [0.717, 1.165) is 0 Å². The van der Waals surface area contributed by atoms with Crippen molar-refractivity contribution in [2.45, 2.75) is 13.8 Å². The Bertz CT molecular complexity index is 756. The van der Waals surface area contributed by atoms with Crippen molar-refractivity contribution in [3.8, 4) is 11.5 Å². The maximum absolute atomic E-state index is 12.7. The van der Waals surface area contributed by atoms with E-state index >= 15 is 0 Å². The van der Waals surface area contributed by atoms with E-state index in [2.05, 4.69) is 0 Å². The Morgan fingerprint density at radius 3 is 2.27 bits per heavy atom. The topological polar surface area (TPSA) is 79.4 Å². The van der Waals surface area contributed by atoms with Crippen LogP contribution in [0.15, 0.2) is 18.2 Å². The number of hydrogen-bond donors (Lipinski definition) is 0. The van der Waals surface area contributed by atoms with Gasteiger partial charge in [0, 0.05) is 44.8 Å². The molecule has 1 aromatic rings. The van der Waals surface area contributed by atoms with Gasteiger partial charge in [-0.1, -0.05) is 13.8 Å². The first-order chi connectivity index (χ1) is 12.5. The summed E-state index contributed by atoms with van der Waals surface area (Å²) in [7, 11) is -3.46. The fourth-order valence-corrected chi connectivity index (χ4v) is 4.80. The fraction of sp³-hybridized carbons (Fsp3) is 0.588. The molecular formula is C17H25N3O5S. The van der Waals surface area contributed by atoms with Gasteiger partial charge in [-0.3, -0.25) is 4.79 Å². The molecule has 9 heteroatoms. The lowest BCUT2D eigenvalue weighted by atomic mass is 10.1. The molecule has 1 aromatic carbocycles. The average Bonchev–Trinajstić information content (AvgIpc) is 2.68. The number of carbonyl (C=O) groups is 1. The molecule has 3 rings (SSSR count). The molecule has 2 aliphatic heterocycles. The van der Waals surface area contributed by atoms with E-state index in [1.807, 2.05) is 13.8 Å². The van der Waals surface area contributed by atoms with Crippen LogP contribution in [-0.4, -0.2) is 80.3 Å². The molecule has 1 saturated heterocycles. The lowest BCUT2D eigenvalue weighted by molar-refractivity contribution is 0.0693. The summed E-state index contributed by atoms with van der Waals surface area (Å²) in [5.41, 5.74) is 0.523.